The first-order valence-electron chi connectivity index (χ1n) is 6.11. The Morgan fingerprint density at radius 2 is 2.28 bits per heavy atom. The van der Waals surface area contributed by atoms with E-state index < -0.39 is 12.0 Å². The molecule has 1 aromatic heterocycles. The van der Waals surface area contributed by atoms with E-state index in [0.717, 1.165) is 29.1 Å². The van der Waals surface area contributed by atoms with Gasteiger partial charge >= 0.3 is 5.97 Å². The molecule has 1 aliphatic rings. The van der Waals surface area contributed by atoms with Crippen molar-refractivity contribution in [2.45, 2.75) is 43.8 Å². The number of carboxylic acids is 1. The van der Waals surface area contributed by atoms with Gasteiger partial charge in [-0.15, -0.1) is 11.8 Å². The minimum absolute atomic E-state index is 0.402. The lowest BCUT2D eigenvalue weighted by atomic mass is 10.3. The lowest BCUT2D eigenvalue weighted by molar-refractivity contribution is -0.138. The molecule has 4 nitrogen and oxygen atoms in total. The first-order chi connectivity index (χ1) is 8.54. The summed E-state index contributed by atoms with van der Waals surface area (Å²) in [6.45, 7) is 3.98. The molecular weight excluding hydrogens is 248 g/mol. The Morgan fingerprint density at radius 1 is 1.56 bits per heavy atom. The van der Waals surface area contributed by atoms with E-state index in [1.54, 1.807) is 0 Å². The van der Waals surface area contributed by atoms with Crippen molar-refractivity contribution < 1.29 is 9.90 Å². The number of nitrogens with zero attached hydrogens (tertiary/aromatic N) is 1. The third-order valence-electron chi connectivity index (χ3n) is 2.78. The number of thioether (sulfide) groups is 1. The van der Waals surface area contributed by atoms with Gasteiger partial charge in [-0.25, -0.2) is 4.98 Å². The summed E-state index contributed by atoms with van der Waals surface area (Å²) in [6, 6.07) is 3.93. The first kappa shape index (κ1) is 13.4. The van der Waals surface area contributed by atoms with Crippen molar-refractivity contribution in [3.63, 3.8) is 0 Å². The number of nitrogens with one attached hydrogen (secondary N) is 1. The van der Waals surface area contributed by atoms with Crippen molar-refractivity contribution in [3.8, 4) is 0 Å². The van der Waals surface area contributed by atoms with Crippen LogP contribution in [0.5, 0.6) is 0 Å². The highest BCUT2D eigenvalue weighted by molar-refractivity contribution is 7.99. The Hall–Kier alpha value is -1.07. The maximum atomic E-state index is 11.1. The highest BCUT2D eigenvalue weighted by Crippen LogP contribution is 2.22. The van der Waals surface area contributed by atoms with E-state index in [4.69, 9.17) is 5.11 Å². The van der Waals surface area contributed by atoms with Gasteiger partial charge in [0.1, 0.15) is 6.04 Å². The number of rotatable bonds is 6. The lowest BCUT2D eigenvalue weighted by Gasteiger charge is -2.13. The molecule has 18 heavy (non-hydrogen) atoms. The predicted molar refractivity (Wildman–Crippen MR) is 72.0 cm³/mol. The molecule has 5 heteroatoms. The van der Waals surface area contributed by atoms with Crippen LogP contribution in [0.1, 0.15) is 24.1 Å². The first-order valence-corrected chi connectivity index (χ1v) is 7.10. The average molecular weight is 266 g/mol. The molecular formula is C13H18N2O2S. The molecule has 0 saturated heterocycles. The summed E-state index contributed by atoms with van der Waals surface area (Å²) in [7, 11) is 0. The Bertz CT molecular complexity index is 426. The summed E-state index contributed by atoms with van der Waals surface area (Å²) < 4.78 is 0. The van der Waals surface area contributed by atoms with Crippen molar-refractivity contribution in [3.05, 3.63) is 23.4 Å². The molecule has 0 spiro atoms. The molecule has 0 aliphatic heterocycles. The van der Waals surface area contributed by atoms with Crippen LogP contribution in [0.15, 0.2) is 17.2 Å². The smallest absolute Gasteiger partial charge is 0.321 e. The van der Waals surface area contributed by atoms with Gasteiger partial charge in [0.15, 0.2) is 0 Å². The molecule has 1 heterocycles. The Kier molecular flexibility index (Phi) is 4.24. The molecule has 0 aromatic carbocycles. The summed E-state index contributed by atoms with van der Waals surface area (Å²) in [5.41, 5.74) is 2.13. The number of carbonyl (C=O) groups is 1. The van der Waals surface area contributed by atoms with E-state index in [0.29, 0.717) is 11.8 Å². The van der Waals surface area contributed by atoms with Gasteiger partial charge in [-0.1, -0.05) is 0 Å². The molecule has 2 N–H and O–H groups in total. The highest BCUT2D eigenvalue weighted by atomic mass is 32.2. The van der Waals surface area contributed by atoms with Crippen LogP contribution in [-0.2, 0) is 4.79 Å². The van der Waals surface area contributed by atoms with Crippen molar-refractivity contribution in [2.75, 3.05) is 5.75 Å². The molecule has 1 atom stereocenters. The zero-order valence-electron chi connectivity index (χ0n) is 10.6. The third kappa shape index (κ3) is 3.99. The van der Waals surface area contributed by atoms with E-state index in [9.17, 15) is 4.79 Å². The van der Waals surface area contributed by atoms with E-state index >= 15 is 0 Å². The number of aryl methyl sites for hydroxylation is 2. The molecule has 0 bridgehead atoms. The normalized spacial score (nSPS) is 16.6. The molecule has 1 fully saturated rings. The molecule has 1 unspecified atom stereocenters. The Labute approximate surface area is 111 Å². The summed E-state index contributed by atoms with van der Waals surface area (Å²) >= 11 is 1.50. The van der Waals surface area contributed by atoms with Crippen molar-refractivity contribution in [2.24, 2.45) is 0 Å². The van der Waals surface area contributed by atoms with Crippen LogP contribution in [0, 0.1) is 13.8 Å². The minimum Gasteiger partial charge on any atom is -0.480 e. The Balaban J connectivity index is 1.93. The van der Waals surface area contributed by atoms with Gasteiger partial charge in [0.05, 0.1) is 5.03 Å². The van der Waals surface area contributed by atoms with Crippen LogP contribution in [0.25, 0.3) is 0 Å². The lowest BCUT2D eigenvalue weighted by Crippen LogP contribution is -2.40. The average Bonchev–Trinajstić information content (AvgIpc) is 3.06. The van der Waals surface area contributed by atoms with E-state index in [1.165, 1.54) is 11.8 Å². The molecule has 1 aliphatic carbocycles. The molecule has 0 radical (unpaired) electrons. The van der Waals surface area contributed by atoms with Gasteiger partial charge < -0.3 is 10.4 Å². The zero-order valence-corrected chi connectivity index (χ0v) is 11.5. The second-order valence-corrected chi connectivity index (χ2v) is 5.81. The number of aliphatic carboxylic acids is 1. The number of carboxylic acid groups (broad SMARTS) is 1. The summed E-state index contributed by atoms with van der Waals surface area (Å²) in [5, 5.41) is 13.2. The van der Waals surface area contributed by atoms with Gasteiger partial charge in [-0.05, 0) is 44.4 Å². The van der Waals surface area contributed by atoms with Crippen LogP contribution >= 0.6 is 11.8 Å². The van der Waals surface area contributed by atoms with Crippen molar-refractivity contribution in [1.29, 1.82) is 0 Å². The largest absolute Gasteiger partial charge is 0.480 e. The summed E-state index contributed by atoms with van der Waals surface area (Å²) in [4.78, 5) is 15.5. The topological polar surface area (TPSA) is 62.2 Å². The SMILES string of the molecule is Cc1cc(C)nc(SCC(NC2CC2)C(=O)O)c1. The van der Waals surface area contributed by atoms with Crippen LogP contribution in [0.4, 0.5) is 0 Å². The van der Waals surface area contributed by atoms with E-state index in [1.807, 2.05) is 26.0 Å². The standard InChI is InChI=1S/C13H18N2O2S/c1-8-5-9(2)14-12(6-8)18-7-11(13(16)17)15-10-3-4-10/h5-6,10-11,15H,3-4,7H2,1-2H3,(H,16,17). The van der Waals surface area contributed by atoms with Gasteiger partial charge in [0.25, 0.3) is 0 Å². The van der Waals surface area contributed by atoms with Crippen LogP contribution in [0.3, 0.4) is 0 Å². The molecule has 1 aromatic rings. The number of pyridine rings is 1. The van der Waals surface area contributed by atoms with Crippen molar-refractivity contribution >= 4 is 17.7 Å². The monoisotopic (exact) mass is 266 g/mol. The quantitative estimate of drug-likeness (QED) is 0.771. The molecule has 0 amide bonds. The predicted octanol–water partition coefficient (Wildman–Crippen LogP) is 2.00. The maximum Gasteiger partial charge on any atom is 0.321 e. The molecule has 1 saturated carbocycles. The van der Waals surface area contributed by atoms with E-state index in [-0.39, 0.29) is 0 Å². The van der Waals surface area contributed by atoms with Crippen LogP contribution in [-0.4, -0.2) is 33.9 Å². The number of hydrogen-bond donors (Lipinski definition) is 2. The second kappa shape index (κ2) is 5.71. The fourth-order valence-electron chi connectivity index (χ4n) is 1.77. The van der Waals surface area contributed by atoms with Gasteiger partial charge in [0.2, 0.25) is 0 Å². The number of aromatic nitrogens is 1. The third-order valence-corrected chi connectivity index (χ3v) is 3.79. The highest BCUT2D eigenvalue weighted by Gasteiger charge is 2.28. The number of hydrogen-bond acceptors (Lipinski definition) is 4. The van der Waals surface area contributed by atoms with Gasteiger partial charge in [0, 0.05) is 17.5 Å². The molecule has 2 rings (SSSR count). The Morgan fingerprint density at radius 3 is 2.83 bits per heavy atom. The summed E-state index contributed by atoms with van der Waals surface area (Å²) in [6.07, 6.45) is 2.19. The second-order valence-electron chi connectivity index (χ2n) is 4.77. The zero-order chi connectivity index (χ0) is 13.1. The fraction of sp³-hybridized carbons (Fsp3) is 0.538. The van der Waals surface area contributed by atoms with Gasteiger partial charge in [-0.2, -0.15) is 0 Å². The van der Waals surface area contributed by atoms with Crippen LogP contribution < -0.4 is 5.32 Å². The van der Waals surface area contributed by atoms with E-state index in [2.05, 4.69) is 10.3 Å². The fourth-order valence-corrected chi connectivity index (χ4v) is 2.83. The minimum atomic E-state index is -0.779. The summed E-state index contributed by atoms with van der Waals surface area (Å²) in [5.74, 6) is -0.263. The maximum absolute atomic E-state index is 11.1. The van der Waals surface area contributed by atoms with Gasteiger partial charge in [-0.3, -0.25) is 4.79 Å². The van der Waals surface area contributed by atoms with Crippen molar-refractivity contribution in [1.82, 2.24) is 10.3 Å². The van der Waals surface area contributed by atoms with Crippen LogP contribution in [0.2, 0.25) is 0 Å². The molecule has 98 valence electrons.